The molecule has 118 valence electrons. The normalized spacial score (nSPS) is 18.8. The molecule has 0 saturated carbocycles. The van der Waals surface area contributed by atoms with Crippen LogP contribution in [0, 0.1) is 5.82 Å². The number of sulfonamides is 2. The molecular formula is C12H17FN2O4S2. The van der Waals surface area contributed by atoms with Crippen LogP contribution in [-0.2, 0) is 20.0 Å². The van der Waals surface area contributed by atoms with E-state index in [9.17, 15) is 21.2 Å². The third-order valence-electron chi connectivity index (χ3n) is 3.29. The average molecular weight is 336 g/mol. The second kappa shape index (κ2) is 5.99. The van der Waals surface area contributed by atoms with Crippen LogP contribution < -0.4 is 4.72 Å². The molecule has 0 aliphatic carbocycles. The second-order valence-corrected chi connectivity index (χ2v) is 8.69. The smallest absolute Gasteiger partial charge is 0.213 e. The predicted molar refractivity (Wildman–Crippen MR) is 76.2 cm³/mol. The van der Waals surface area contributed by atoms with Crippen molar-refractivity contribution in [2.45, 2.75) is 23.8 Å². The van der Waals surface area contributed by atoms with E-state index in [2.05, 4.69) is 4.72 Å². The van der Waals surface area contributed by atoms with Gasteiger partial charge in [-0.05, 0) is 25.0 Å². The van der Waals surface area contributed by atoms with Crippen LogP contribution in [0.5, 0.6) is 0 Å². The molecule has 1 aliphatic heterocycles. The first-order valence-corrected chi connectivity index (χ1v) is 9.75. The quantitative estimate of drug-likeness (QED) is 0.869. The number of benzene rings is 1. The van der Waals surface area contributed by atoms with Gasteiger partial charge in [0.25, 0.3) is 0 Å². The molecule has 1 fully saturated rings. The molecule has 0 radical (unpaired) electrons. The Labute approximate surface area is 124 Å². The van der Waals surface area contributed by atoms with Crippen LogP contribution in [0.2, 0.25) is 0 Å². The van der Waals surface area contributed by atoms with Crippen molar-refractivity contribution in [2.24, 2.45) is 0 Å². The third kappa shape index (κ3) is 4.00. The van der Waals surface area contributed by atoms with Gasteiger partial charge in [-0.25, -0.2) is 25.9 Å². The topological polar surface area (TPSA) is 83.6 Å². The fraction of sp³-hybridized carbons (Fsp3) is 0.500. The van der Waals surface area contributed by atoms with Gasteiger partial charge in [0, 0.05) is 19.1 Å². The zero-order chi connectivity index (χ0) is 15.7. The summed E-state index contributed by atoms with van der Waals surface area (Å²) in [4.78, 5) is -0.348. The van der Waals surface area contributed by atoms with Gasteiger partial charge in [0.15, 0.2) is 0 Å². The van der Waals surface area contributed by atoms with Crippen molar-refractivity contribution in [1.29, 1.82) is 0 Å². The first-order chi connectivity index (χ1) is 9.70. The van der Waals surface area contributed by atoms with E-state index in [1.165, 1.54) is 22.5 Å². The Morgan fingerprint density at radius 1 is 1.14 bits per heavy atom. The molecule has 1 N–H and O–H groups in total. The number of nitrogens with zero attached hydrogens (tertiary/aromatic N) is 1. The second-order valence-electron chi connectivity index (χ2n) is 5.00. The highest BCUT2D eigenvalue weighted by Gasteiger charge is 2.31. The van der Waals surface area contributed by atoms with Gasteiger partial charge in [0.2, 0.25) is 20.0 Å². The molecule has 0 bridgehead atoms. The number of hydrogen-bond acceptors (Lipinski definition) is 4. The summed E-state index contributed by atoms with van der Waals surface area (Å²) in [5.74, 6) is -0.783. The summed E-state index contributed by atoms with van der Waals surface area (Å²) in [6.45, 7) is 0.313. The minimum absolute atomic E-state index is 0.157. The summed E-state index contributed by atoms with van der Waals surface area (Å²) in [5, 5.41) is 0. The molecule has 0 amide bonds. The summed E-state index contributed by atoms with van der Waals surface area (Å²) in [6, 6.07) is 4.94. The minimum Gasteiger partial charge on any atom is -0.213 e. The van der Waals surface area contributed by atoms with Crippen LogP contribution in [-0.4, -0.2) is 46.5 Å². The number of nitrogens with one attached hydrogen (secondary N) is 1. The van der Waals surface area contributed by atoms with Gasteiger partial charge in [0.05, 0.1) is 6.26 Å². The summed E-state index contributed by atoms with van der Waals surface area (Å²) < 4.78 is 64.3. The van der Waals surface area contributed by atoms with Crippen molar-refractivity contribution in [3.8, 4) is 0 Å². The summed E-state index contributed by atoms with van der Waals surface area (Å²) in [5.41, 5.74) is 0. The maximum Gasteiger partial charge on any atom is 0.245 e. The molecule has 0 aromatic heterocycles. The van der Waals surface area contributed by atoms with Crippen LogP contribution in [0.25, 0.3) is 0 Å². The van der Waals surface area contributed by atoms with Crippen molar-refractivity contribution < 1.29 is 21.2 Å². The highest BCUT2D eigenvalue weighted by Crippen LogP contribution is 2.22. The lowest BCUT2D eigenvalue weighted by Gasteiger charge is -2.31. The standard InChI is InChI=1S/C12H17FN2O4S2/c1-20(16,17)14-10-6-8-15(9-7-10)21(18,19)12-5-3-2-4-11(12)13/h2-5,10,14H,6-9H2,1H3. The van der Waals surface area contributed by atoms with E-state index in [-0.39, 0.29) is 24.0 Å². The zero-order valence-electron chi connectivity index (χ0n) is 11.5. The molecule has 1 aromatic rings. The van der Waals surface area contributed by atoms with Gasteiger partial charge in [0.1, 0.15) is 10.7 Å². The molecule has 2 rings (SSSR count). The lowest BCUT2D eigenvalue weighted by molar-refractivity contribution is 0.308. The van der Waals surface area contributed by atoms with Gasteiger partial charge in [-0.2, -0.15) is 4.31 Å². The Morgan fingerprint density at radius 2 is 1.71 bits per heavy atom. The van der Waals surface area contributed by atoms with Crippen LogP contribution >= 0.6 is 0 Å². The molecule has 0 spiro atoms. The molecule has 9 heteroatoms. The lowest BCUT2D eigenvalue weighted by Crippen LogP contribution is -2.46. The third-order valence-corrected chi connectivity index (χ3v) is 5.98. The Hall–Kier alpha value is -1.03. The van der Waals surface area contributed by atoms with Gasteiger partial charge >= 0.3 is 0 Å². The molecule has 1 aliphatic rings. The SMILES string of the molecule is CS(=O)(=O)NC1CCN(S(=O)(=O)c2ccccc2F)CC1. The molecule has 21 heavy (non-hydrogen) atoms. The predicted octanol–water partition coefficient (Wildman–Crippen LogP) is 0.528. The molecule has 0 unspecified atom stereocenters. The lowest BCUT2D eigenvalue weighted by atomic mass is 10.1. The maximum atomic E-state index is 13.6. The highest BCUT2D eigenvalue weighted by molar-refractivity contribution is 7.89. The van der Waals surface area contributed by atoms with E-state index in [0.717, 1.165) is 12.3 Å². The van der Waals surface area contributed by atoms with Crippen molar-refractivity contribution >= 4 is 20.0 Å². The van der Waals surface area contributed by atoms with Crippen LogP contribution in [0.3, 0.4) is 0 Å². The summed E-state index contributed by atoms with van der Waals surface area (Å²) in [7, 11) is -7.19. The molecule has 1 saturated heterocycles. The summed E-state index contributed by atoms with van der Waals surface area (Å²) in [6.07, 6.45) is 1.79. The first kappa shape index (κ1) is 16.3. The van der Waals surface area contributed by atoms with E-state index in [1.54, 1.807) is 0 Å². The fourth-order valence-corrected chi connectivity index (χ4v) is 4.69. The Kier molecular flexibility index (Phi) is 4.66. The van der Waals surface area contributed by atoms with E-state index in [4.69, 9.17) is 0 Å². The van der Waals surface area contributed by atoms with Crippen molar-refractivity contribution in [2.75, 3.05) is 19.3 Å². The van der Waals surface area contributed by atoms with Gasteiger partial charge in [-0.15, -0.1) is 0 Å². The van der Waals surface area contributed by atoms with Gasteiger partial charge in [-0.1, -0.05) is 12.1 Å². The van der Waals surface area contributed by atoms with E-state index in [1.807, 2.05) is 0 Å². The van der Waals surface area contributed by atoms with Crippen LogP contribution in [0.1, 0.15) is 12.8 Å². The maximum absolute atomic E-state index is 13.6. The number of halogens is 1. The van der Waals surface area contributed by atoms with E-state index < -0.39 is 25.9 Å². The molecule has 1 aromatic carbocycles. The molecule has 6 nitrogen and oxygen atoms in total. The van der Waals surface area contributed by atoms with Crippen molar-refractivity contribution in [3.63, 3.8) is 0 Å². The van der Waals surface area contributed by atoms with Gasteiger partial charge < -0.3 is 0 Å². The number of hydrogen-bond donors (Lipinski definition) is 1. The molecular weight excluding hydrogens is 319 g/mol. The average Bonchev–Trinajstić information content (AvgIpc) is 2.37. The van der Waals surface area contributed by atoms with Crippen molar-refractivity contribution in [3.05, 3.63) is 30.1 Å². The highest BCUT2D eigenvalue weighted by atomic mass is 32.2. The number of piperidine rings is 1. The largest absolute Gasteiger partial charge is 0.245 e. The zero-order valence-corrected chi connectivity index (χ0v) is 13.1. The van der Waals surface area contributed by atoms with Crippen molar-refractivity contribution in [1.82, 2.24) is 9.03 Å². The molecule has 1 heterocycles. The monoisotopic (exact) mass is 336 g/mol. The van der Waals surface area contributed by atoms with Crippen LogP contribution in [0.15, 0.2) is 29.2 Å². The fourth-order valence-electron chi connectivity index (χ4n) is 2.31. The Morgan fingerprint density at radius 3 is 2.24 bits per heavy atom. The molecule has 0 atom stereocenters. The minimum atomic E-state index is -3.88. The summed E-state index contributed by atoms with van der Waals surface area (Å²) >= 11 is 0. The van der Waals surface area contributed by atoms with Crippen LogP contribution in [0.4, 0.5) is 4.39 Å². The number of rotatable bonds is 4. The Balaban J connectivity index is 2.10. The van der Waals surface area contributed by atoms with E-state index in [0.29, 0.717) is 12.8 Å². The van der Waals surface area contributed by atoms with E-state index >= 15 is 0 Å². The Bertz CT molecular complexity index is 711. The first-order valence-electron chi connectivity index (χ1n) is 6.42. The van der Waals surface area contributed by atoms with Gasteiger partial charge in [-0.3, -0.25) is 0 Å².